The van der Waals surface area contributed by atoms with Crippen molar-refractivity contribution in [2.75, 3.05) is 46.0 Å². The Kier molecular flexibility index (Phi) is 9.60. The molecule has 160 valence electrons. The molecule has 1 fully saturated rings. The summed E-state index contributed by atoms with van der Waals surface area (Å²) >= 11 is 7.65. The van der Waals surface area contributed by atoms with Gasteiger partial charge in [0.25, 0.3) is 0 Å². The first-order chi connectivity index (χ1) is 13.8. The maximum absolute atomic E-state index is 12.0. The molecule has 1 aromatic rings. The van der Waals surface area contributed by atoms with E-state index in [0.29, 0.717) is 18.9 Å². The Morgan fingerprint density at radius 3 is 2.72 bits per heavy atom. The van der Waals surface area contributed by atoms with Crippen LogP contribution in [-0.2, 0) is 9.59 Å². The third-order valence-corrected chi connectivity index (χ3v) is 5.90. The van der Waals surface area contributed by atoms with Crippen molar-refractivity contribution in [3.05, 3.63) is 29.3 Å². The van der Waals surface area contributed by atoms with Gasteiger partial charge in [-0.25, -0.2) is 4.99 Å². The minimum absolute atomic E-state index is 0.0504. The number of aliphatic imine (C=N–C) groups is 1. The molecule has 0 spiro atoms. The summed E-state index contributed by atoms with van der Waals surface area (Å²) in [5, 5.41) is 4.11. The van der Waals surface area contributed by atoms with Crippen molar-refractivity contribution < 1.29 is 9.59 Å². The number of amides is 2. The van der Waals surface area contributed by atoms with Gasteiger partial charge in [-0.1, -0.05) is 11.6 Å². The van der Waals surface area contributed by atoms with E-state index in [2.05, 4.69) is 15.2 Å². The largest absolute Gasteiger partial charge is 0.370 e. The second-order valence-electron chi connectivity index (χ2n) is 7.28. The summed E-state index contributed by atoms with van der Waals surface area (Å²) in [7, 11) is 3.44. The van der Waals surface area contributed by atoms with Crippen LogP contribution in [0.5, 0.6) is 0 Å². The van der Waals surface area contributed by atoms with Crippen LogP contribution in [0.4, 0.5) is 0 Å². The van der Waals surface area contributed by atoms with E-state index < -0.39 is 0 Å². The van der Waals surface area contributed by atoms with Gasteiger partial charge in [-0.2, -0.15) is 0 Å². The highest BCUT2D eigenvalue weighted by Crippen LogP contribution is 2.21. The third kappa shape index (κ3) is 8.53. The molecule has 1 aromatic carbocycles. The van der Waals surface area contributed by atoms with E-state index in [1.807, 2.05) is 24.3 Å². The zero-order valence-electron chi connectivity index (χ0n) is 17.1. The molecule has 1 heterocycles. The van der Waals surface area contributed by atoms with Crippen LogP contribution in [0.3, 0.4) is 0 Å². The highest BCUT2D eigenvalue weighted by atomic mass is 35.5. The van der Waals surface area contributed by atoms with Crippen molar-refractivity contribution in [1.82, 2.24) is 15.1 Å². The number of primary amides is 1. The Morgan fingerprint density at radius 1 is 1.34 bits per heavy atom. The van der Waals surface area contributed by atoms with E-state index in [9.17, 15) is 9.59 Å². The first-order valence-electron chi connectivity index (χ1n) is 9.75. The SMILES string of the molecule is CN(C)C(=O)CN=C(NCCSc1ccc(Cl)cc1)N1CCCC(CC(N)=O)C1. The standard InChI is InChI=1S/C20H30ClN5O2S/c1-25(2)19(28)13-24-20(26-10-3-4-15(14-26)12-18(22)27)23-9-11-29-17-7-5-16(21)6-8-17/h5-8,15H,3-4,9-14H2,1-2H3,(H2,22,27)(H,23,24). The Morgan fingerprint density at radius 2 is 2.07 bits per heavy atom. The molecular formula is C20H30ClN5O2S. The predicted octanol–water partition coefficient (Wildman–Crippen LogP) is 2.05. The highest BCUT2D eigenvalue weighted by Gasteiger charge is 2.24. The Bertz CT molecular complexity index is 711. The van der Waals surface area contributed by atoms with Gasteiger partial charge < -0.3 is 20.9 Å². The molecule has 1 aliphatic heterocycles. The van der Waals surface area contributed by atoms with Gasteiger partial charge in [0.05, 0.1) is 0 Å². The summed E-state index contributed by atoms with van der Waals surface area (Å²) in [6, 6.07) is 7.75. The van der Waals surface area contributed by atoms with Crippen LogP contribution in [0.1, 0.15) is 19.3 Å². The predicted molar refractivity (Wildman–Crippen MR) is 119 cm³/mol. The molecule has 1 saturated heterocycles. The minimum Gasteiger partial charge on any atom is -0.370 e. The molecule has 1 aliphatic rings. The zero-order valence-corrected chi connectivity index (χ0v) is 18.6. The van der Waals surface area contributed by atoms with Gasteiger partial charge in [0.1, 0.15) is 6.54 Å². The summed E-state index contributed by atoms with van der Waals surface area (Å²) in [4.78, 5) is 32.6. The van der Waals surface area contributed by atoms with Crippen LogP contribution >= 0.6 is 23.4 Å². The lowest BCUT2D eigenvalue weighted by Gasteiger charge is -2.34. The van der Waals surface area contributed by atoms with Gasteiger partial charge in [0.15, 0.2) is 5.96 Å². The van der Waals surface area contributed by atoms with Crippen LogP contribution in [0.25, 0.3) is 0 Å². The molecule has 29 heavy (non-hydrogen) atoms. The fourth-order valence-electron chi connectivity index (χ4n) is 3.12. The number of carbonyl (C=O) groups excluding carboxylic acids is 2. The van der Waals surface area contributed by atoms with Crippen LogP contribution in [-0.4, -0.2) is 73.6 Å². The molecule has 0 aromatic heterocycles. The molecular weight excluding hydrogens is 410 g/mol. The number of hydrogen-bond acceptors (Lipinski definition) is 4. The zero-order chi connectivity index (χ0) is 21.2. The first-order valence-corrected chi connectivity index (χ1v) is 11.1. The smallest absolute Gasteiger partial charge is 0.243 e. The van der Waals surface area contributed by atoms with E-state index in [1.54, 1.807) is 25.9 Å². The molecule has 1 atom stereocenters. The Balaban J connectivity index is 1.94. The molecule has 0 aliphatic carbocycles. The van der Waals surface area contributed by atoms with Crippen molar-refractivity contribution in [3.8, 4) is 0 Å². The number of nitrogens with zero attached hydrogens (tertiary/aromatic N) is 3. The highest BCUT2D eigenvalue weighted by molar-refractivity contribution is 7.99. The molecule has 9 heteroatoms. The Labute approximate surface area is 182 Å². The number of likely N-dealkylation sites (N-methyl/N-ethyl adjacent to an activating group) is 1. The van der Waals surface area contributed by atoms with Gasteiger partial charge in [-0.05, 0) is 43.0 Å². The van der Waals surface area contributed by atoms with Gasteiger partial charge in [-0.3, -0.25) is 9.59 Å². The van der Waals surface area contributed by atoms with Gasteiger partial charge in [0.2, 0.25) is 11.8 Å². The monoisotopic (exact) mass is 439 g/mol. The normalized spacial score (nSPS) is 17.1. The number of nitrogens with two attached hydrogens (primary N) is 1. The Hall–Kier alpha value is -1.93. The first kappa shape index (κ1) is 23.3. The van der Waals surface area contributed by atoms with Crippen molar-refractivity contribution in [2.24, 2.45) is 16.6 Å². The average molecular weight is 440 g/mol. The molecule has 0 saturated carbocycles. The topological polar surface area (TPSA) is 91.0 Å². The number of carbonyl (C=O) groups is 2. The third-order valence-electron chi connectivity index (χ3n) is 4.64. The number of likely N-dealkylation sites (tertiary alicyclic amines) is 1. The lowest BCUT2D eigenvalue weighted by molar-refractivity contribution is -0.127. The molecule has 1 unspecified atom stereocenters. The maximum atomic E-state index is 12.0. The lowest BCUT2D eigenvalue weighted by Crippen LogP contribution is -2.48. The molecule has 2 amide bonds. The summed E-state index contributed by atoms with van der Waals surface area (Å²) in [5.74, 6) is 1.46. The number of nitrogens with one attached hydrogen (secondary N) is 1. The fraction of sp³-hybridized carbons (Fsp3) is 0.550. The quantitative estimate of drug-likeness (QED) is 0.280. The number of thioether (sulfide) groups is 1. The van der Waals surface area contributed by atoms with E-state index in [4.69, 9.17) is 17.3 Å². The van der Waals surface area contributed by atoms with E-state index >= 15 is 0 Å². The van der Waals surface area contributed by atoms with Crippen molar-refractivity contribution in [2.45, 2.75) is 24.2 Å². The van der Waals surface area contributed by atoms with E-state index in [-0.39, 0.29) is 24.3 Å². The number of halogens is 1. The van der Waals surface area contributed by atoms with Crippen molar-refractivity contribution >= 4 is 41.1 Å². The van der Waals surface area contributed by atoms with Crippen LogP contribution in [0, 0.1) is 5.92 Å². The molecule has 7 nitrogen and oxygen atoms in total. The number of benzene rings is 1. The van der Waals surface area contributed by atoms with Gasteiger partial charge in [-0.15, -0.1) is 11.8 Å². The van der Waals surface area contributed by atoms with Crippen LogP contribution in [0.15, 0.2) is 34.2 Å². The second-order valence-corrected chi connectivity index (χ2v) is 8.89. The van der Waals surface area contributed by atoms with Crippen molar-refractivity contribution in [1.29, 1.82) is 0 Å². The number of guanidine groups is 1. The van der Waals surface area contributed by atoms with E-state index in [0.717, 1.165) is 41.6 Å². The summed E-state index contributed by atoms with van der Waals surface area (Å²) < 4.78 is 0. The molecule has 3 N–H and O–H groups in total. The molecule has 2 rings (SSSR count). The summed E-state index contributed by atoms with van der Waals surface area (Å²) in [6.07, 6.45) is 2.34. The average Bonchev–Trinajstić information content (AvgIpc) is 2.68. The van der Waals surface area contributed by atoms with Gasteiger partial charge in [0, 0.05) is 55.8 Å². The summed E-state index contributed by atoms with van der Waals surface area (Å²) in [6.45, 7) is 2.37. The second kappa shape index (κ2) is 11.9. The number of rotatable bonds is 8. The van der Waals surface area contributed by atoms with Gasteiger partial charge >= 0.3 is 0 Å². The number of piperidine rings is 1. The molecule has 0 bridgehead atoms. The summed E-state index contributed by atoms with van der Waals surface area (Å²) in [5.41, 5.74) is 5.37. The van der Waals surface area contributed by atoms with E-state index in [1.165, 1.54) is 4.90 Å². The van der Waals surface area contributed by atoms with Crippen LogP contribution in [0.2, 0.25) is 5.02 Å². The molecule has 0 radical (unpaired) electrons. The fourth-order valence-corrected chi connectivity index (χ4v) is 4.02. The maximum Gasteiger partial charge on any atom is 0.243 e. The number of hydrogen-bond donors (Lipinski definition) is 2. The van der Waals surface area contributed by atoms with Crippen LogP contribution < -0.4 is 11.1 Å². The lowest BCUT2D eigenvalue weighted by atomic mass is 9.95. The van der Waals surface area contributed by atoms with Crippen molar-refractivity contribution in [3.63, 3.8) is 0 Å². The minimum atomic E-state index is -0.273.